The Kier molecular flexibility index (Phi) is 30.1. The highest BCUT2D eigenvalue weighted by molar-refractivity contribution is 9.10. The molecule has 16 rings (SSSR count). The van der Waals surface area contributed by atoms with Crippen molar-refractivity contribution in [2.45, 2.75) is 206 Å². The lowest BCUT2D eigenvalue weighted by atomic mass is 9.89. The second-order valence-electron chi connectivity index (χ2n) is 33.3. The molecule has 17 bridgehead atoms. The Morgan fingerprint density at radius 1 is 0.519 bits per heavy atom. The first-order chi connectivity index (χ1) is 63.3. The maximum atomic E-state index is 17.1. The van der Waals surface area contributed by atoms with E-state index in [0.29, 0.717) is 18.8 Å². The fraction of sp³-hybridized carbons (Fsp3) is 0.420. The molecule has 42 nitrogen and oxygen atoms in total. The van der Waals surface area contributed by atoms with Crippen LogP contribution in [-0.4, -0.2) is 254 Å². The van der Waals surface area contributed by atoms with Crippen molar-refractivity contribution >= 4 is 92.4 Å². The van der Waals surface area contributed by atoms with Gasteiger partial charge in [-0.05, 0) is 129 Å². The van der Waals surface area contributed by atoms with Gasteiger partial charge in [-0.3, -0.25) is 38.4 Å². The molecule has 8 amide bonds. The van der Waals surface area contributed by atoms with Crippen LogP contribution in [0.4, 0.5) is 0 Å². The van der Waals surface area contributed by atoms with E-state index >= 15 is 24.0 Å². The second-order valence-corrected chi connectivity index (χ2v) is 34.9. The molecule has 9 aliphatic rings. The summed E-state index contributed by atoms with van der Waals surface area (Å²) in [6, 6.07) is -0.514. The lowest BCUT2D eigenvalue weighted by Crippen LogP contribution is -2.65. The van der Waals surface area contributed by atoms with E-state index in [9.17, 15) is 95.8 Å². The molecule has 25 N–H and O–H groups in total. The van der Waals surface area contributed by atoms with Gasteiger partial charge in [-0.25, -0.2) is 4.79 Å². The van der Waals surface area contributed by atoms with Gasteiger partial charge in [-0.2, -0.15) is 0 Å². The molecule has 0 aromatic heterocycles. The van der Waals surface area contributed by atoms with Gasteiger partial charge in [0, 0.05) is 54.2 Å². The van der Waals surface area contributed by atoms with Crippen molar-refractivity contribution in [3.8, 4) is 80.1 Å². The molecule has 0 aliphatic carbocycles. The zero-order valence-electron chi connectivity index (χ0n) is 70.6. The Hall–Kier alpha value is -11.6. The SMILES string of the molecule is CC(=O)N[C@H]1[C@H](O[C@@H]2c3ccc(c(Cl)c3)Oc3cc4cc(c3O[C@@H]3O[C@H](CO)[C@@H](O)[C@H](O)[C@H]3NC(=O)CCCCCCC(C)C)Oc3ccc(cc3Cl)C[C@H]3NC(=O)[C@H](N)c5ccc(O)c(c5)Oc5cc(O)c(Br)c(c5)[C@H](NC3=O)C(=O)N[C@H]4C(=O)N[C@H]3C(=O)N[C@@H]2C(=O)N[C@H](C(=O)O)c2cc(O)cc(O[C@H]4O[C@H](CO)[C@@H](O)[C@H](O)[C@@H]4O)c2-c2cc3ccc2O)O[C@H](CO)[C@@H](O)[C@@H]1O. The first kappa shape index (κ1) is 97.5. The van der Waals surface area contributed by atoms with Gasteiger partial charge >= 0.3 is 5.97 Å². The molecular weight excluding hydrogens is 1860 g/mol. The first-order valence-corrected chi connectivity index (χ1v) is 43.6. The molecule has 133 heavy (non-hydrogen) atoms. The average molecular weight is 1960 g/mol. The number of benzene rings is 7. The van der Waals surface area contributed by atoms with Crippen LogP contribution in [0, 0.1) is 5.92 Å². The van der Waals surface area contributed by atoms with Crippen LogP contribution in [0.25, 0.3) is 11.1 Å². The van der Waals surface area contributed by atoms with E-state index in [4.69, 9.17) is 71.6 Å². The molecule has 7 aromatic carbocycles. The van der Waals surface area contributed by atoms with Gasteiger partial charge in [0.1, 0.15) is 156 Å². The smallest absolute Gasteiger partial charge is 0.330 e. The minimum Gasteiger partial charge on any atom is -0.508 e. The molecule has 23 atom stereocenters. The number of nitrogens with two attached hydrogens (primary N) is 1. The average Bonchev–Trinajstić information content (AvgIpc) is 0.755. The molecule has 7 aromatic rings. The molecule has 0 saturated carbocycles. The van der Waals surface area contributed by atoms with Crippen molar-refractivity contribution in [3.05, 3.63) is 163 Å². The maximum Gasteiger partial charge on any atom is 0.330 e. The van der Waals surface area contributed by atoms with Gasteiger partial charge < -0.3 is 167 Å². The predicted molar refractivity (Wildman–Crippen MR) is 461 cm³/mol. The fourth-order valence-corrected chi connectivity index (χ4v) is 17.4. The van der Waals surface area contributed by atoms with Crippen LogP contribution >= 0.6 is 39.1 Å². The first-order valence-electron chi connectivity index (χ1n) is 42.1. The highest BCUT2D eigenvalue weighted by Gasteiger charge is 2.52. The largest absolute Gasteiger partial charge is 0.508 e. The van der Waals surface area contributed by atoms with Crippen molar-refractivity contribution in [2.75, 3.05) is 19.8 Å². The number of hydrogen-bond acceptors (Lipinski definition) is 33. The van der Waals surface area contributed by atoms with E-state index in [1.807, 2.05) is 0 Å². The number of aliphatic hydroxyl groups excluding tert-OH is 10. The quantitative estimate of drug-likeness (QED) is 0.0513. The number of aromatic hydroxyl groups is 4. The summed E-state index contributed by atoms with van der Waals surface area (Å²) < 4.78 is 57.2. The van der Waals surface area contributed by atoms with Gasteiger partial charge in [-0.1, -0.05) is 87.0 Å². The number of ether oxygens (including phenoxy) is 9. The summed E-state index contributed by atoms with van der Waals surface area (Å²) in [7, 11) is 0. The van der Waals surface area contributed by atoms with Gasteiger partial charge in [0.05, 0.1) is 34.3 Å². The Bertz CT molecular complexity index is 5630. The van der Waals surface area contributed by atoms with Crippen LogP contribution in [0.15, 0.2) is 114 Å². The predicted octanol–water partition coefficient (Wildman–Crippen LogP) is 1.78. The number of amides is 8. The minimum atomic E-state index is -2.60. The van der Waals surface area contributed by atoms with E-state index < -0.39 is 316 Å². The summed E-state index contributed by atoms with van der Waals surface area (Å²) in [5, 5.41) is 191. The van der Waals surface area contributed by atoms with E-state index in [2.05, 4.69) is 72.3 Å². The number of phenolic OH excluding ortho intramolecular Hbond substituents is 4. The zero-order chi connectivity index (χ0) is 95.7. The number of phenols is 4. The van der Waals surface area contributed by atoms with E-state index in [1.165, 1.54) is 30.3 Å². The van der Waals surface area contributed by atoms with Crippen molar-refractivity contribution in [3.63, 3.8) is 0 Å². The highest BCUT2D eigenvalue weighted by Crippen LogP contribution is 2.52. The fourth-order valence-electron chi connectivity index (χ4n) is 16.5. The van der Waals surface area contributed by atoms with Crippen LogP contribution in [0.1, 0.15) is 135 Å². The number of hydrogen-bond donors (Lipinski definition) is 24. The number of carbonyl (C=O) groups is 9. The highest BCUT2D eigenvalue weighted by atomic mass is 79.9. The zero-order valence-corrected chi connectivity index (χ0v) is 73.7. The number of halogens is 3. The van der Waals surface area contributed by atoms with Gasteiger partial charge in [0.2, 0.25) is 65.6 Å². The third-order valence-electron chi connectivity index (χ3n) is 23.5. The van der Waals surface area contributed by atoms with Crippen molar-refractivity contribution in [2.24, 2.45) is 11.7 Å². The number of fused-ring (bicyclic) bond motifs is 14. The van der Waals surface area contributed by atoms with Crippen molar-refractivity contribution in [1.29, 1.82) is 0 Å². The van der Waals surface area contributed by atoms with Gasteiger partial charge in [0.25, 0.3) is 0 Å². The van der Waals surface area contributed by atoms with E-state index in [0.717, 1.165) is 105 Å². The molecule has 712 valence electrons. The Labute approximate surface area is 773 Å². The normalized spacial score (nSPS) is 28.8. The van der Waals surface area contributed by atoms with Crippen molar-refractivity contribution < 1.29 is 162 Å². The number of rotatable bonds is 19. The molecule has 0 spiro atoms. The number of nitrogens with one attached hydrogen (secondary N) is 8. The molecule has 3 saturated heterocycles. The van der Waals surface area contributed by atoms with Gasteiger partial charge in [0.15, 0.2) is 35.3 Å². The lowest BCUT2D eigenvalue weighted by molar-refractivity contribution is -0.284. The van der Waals surface area contributed by atoms with Crippen LogP contribution < -0.4 is 72.0 Å². The Morgan fingerprint density at radius 3 is 1.73 bits per heavy atom. The van der Waals surface area contributed by atoms with Crippen LogP contribution in [0.3, 0.4) is 0 Å². The van der Waals surface area contributed by atoms with E-state index in [1.54, 1.807) is 0 Å². The molecule has 9 heterocycles. The Balaban J connectivity index is 1.04. The minimum absolute atomic E-state index is 0.0186. The molecule has 0 unspecified atom stereocenters. The molecule has 9 aliphatic heterocycles. The lowest BCUT2D eigenvalue weighted by Gasteiger charge is -2.44. The topological polar surface area (TPSA) is 662 Å². The molecule has 3 fully saturated rings. The summed E-state index contributed by atoms with van der Waals surface area (Å²) in [5.74, 6) is -19.4. The summed E-state index contributed by atoms with van der Waals surface area (Å²) in [6.45, 7) is 1.96. The van der Waals surface area contributed by atoms with Crippen LogP contribution in [0.2, 0.25) is 10.0 Å². The number of carboxylic acid groups (broad SMARTS) is 1. The molecule has 45 heteroatoms. The number of aliphatic carboxylic acids is 1. The number of carbonyl (C=O) groups excluding carboxylic acids is 8. The Morgan fingerprint density at radius 2 is 1.09 bits per heavy atom. The third-order valence-corrected chi connectivity index (χ3v) is 25.0. The summed E-state index contributed by atoms with van der Waals surface area (Å²) >= 11 is 18.1. The molecular formula is C88H96BrCl2N9O33. The standard InChI is InChI=1S/C88H96BrCl2N9O33/c1-32(2)8-6-4-5-7-9-59(109)95-68-74(114)71(111)57(30-102)130-87(68)133-78-54-23-38-24-55(78)127-51-17-13-37(21-45(51)91)77(132-86-67(93-33(3)104)73(113)70(110)56(29-101)129-86)69-84(122)99-66(85(123)124)42-25-39(105)26-53(128-88-76(116)75(115)72(112)58(31-103)131-88)60(42)41-20-36(12-14-47(41)106)63(81(119)100-69)96-82(120)64(38)97-83(121)65-43-27-40(28-49(108)61(43)89)125-52-22-35(11-15-48(52)107)62(92)80(118)94-46(79(117)98-65)19-34-10-16-50(126-54)44(90)18-34/h10-18,20-28,32,46,56-58,62-77,86-88,101-103,105-108,110-116H,4-9,19,29-31,92H2,1-3H3,(H,93,104)(H,94,118)(H,95,109)(H,96,120)(H,97,121)(H,98,117)(H,99,122)(H,100,119)(H,123,124)/t46-,56-,57-,58-,62-,63-,64-,65+,66+,67-,68-,69+,70-,71-,72-,73-,74-,75+,76+,77-,86+,87+,88+/m1/s1. The van der Waals surface area contributed by atoms with Gasteiger partial charge in [-0.15, -0.1) is 0 Å². The number of aliphatic hydroxyl groups is 10. The summed E-state index contributed by atoms with van der Waals surface area (Å²) in [5.41, 5.74) is 2.72. The van der Waals surface area contributed by atoms with Crippen molar-refractivity contribution in [1.82, 2.24) is 42.5 Å². The van der Waals surface area contributed by atoms with E-state index in [-0.39, 0.29) is 44.3 Å². The summed E-state index contributed by atoms with van der Waals surface area (Å²) in [6.07, 6.45) is -26.0. The summed E-state index contributed by atoms with van der Waals surface area (Å²) in [4.78, 5) is 139. The third kappa shape index (κ3) is 21.0. The number of carboxylic acids is 1. The second kappa shape index (κ2) is 41.1. The van der Waals surface area contributed by atoms with Crippen LogP contribution in [-0.2, 0) is 68.5 Å². The number of unbranched alkanes of at least 4 members (excludes halogenated alkanes) is 3. The van der Waals surface area contributed by atoms with Crippen LogP contribution in [0.5, 0.6) is 69.0 Å². The monoisotopic (exact) mass is 1960 g/mol. The maximum absolute atomic E-state index is 17.1. The molecule has 0 radical (unpaired) electrons.